The summed E-state index contributed by atoms with van der Waals surface area (Å²) in [6.07, 6.45) is 7.09. The van der Waals surface area contributed by atoms with Crippen molar-refractivity contribution in [2.75, 3.05) is 13.1 Å². The van der Waals surface area contributed by atoms with Gasteiger partial charge >= 0.3 is 0 Å². The Bertz CT molecular complexity index is 345. The first-order valence-corrected chi connectivity index (χ1v) is 6.27. The standard InChI is InChI=1S/C12H20N4O/c1-10(16-9-3-8-15-16)12(17)14-7-2-6-13-11-4-5-11/h3,8-11,13H,2,4-7H2,1H3,(H,14,17). The average molecular weight is 236 g/mol. The van der Waals surface area contributed by atoms with Crippen LogP contribution in [0.25, 0.3) is 0 Å². The molecule has 5 nitrogen and oxygen atoms in total. The molecule has 1 saturated carbocycles. The van der Waals surface area contributed by atoms with Gasteiger partial charge in [0.1, 0.15) is 6.04 Å². The SMILES string of the molecule is CC(C(=O)NCCCNC1CC1)n1cccn1. The second kappa shape index (κ2) is 5.82. The van der Waals surface area contributed by atoms with Crippen molar-refractivity contribution < 1.29 is 4.79 Å². The summed E-state index contributed by atoms with van der Waals surface area (Å²) in [6, 6.07) is 2.33. The van der Waals surface area contributed by atoms with Gasteiger partial charge in [0.05, 0.1) is 0 Å². The van der Waals surface area contributed by atoms with Crippen LogP contribution in [0.2, 0.25) is 0 Å². The second-order valence-corrected chi connectivity index (χ2v) is 4.54. The molecule has 0 aromatic carbocycles. The Hall–Kier alpha value is -1.36. The van der Waals surface area contributed by atoms with Crippen molar-refractivity contribution in [3.8, 4) is 0 Å². The predicted octanol–water partition coefficient (Wildman–Crippen LogP) is 0.702. The zero-order chi connectivity index (χ0) is 12.1. The van der Waals surface area contributed by atoms with E-state index in [-0.39, 0.29) is 11.9 Å². The van der Waals surface area contributed by atoms with E-state index in [2.05, 4.69) is 15.7 Å². The number of rotatable bonds is 7. The molecule has 1 unspecified atom stereocenters. The molecule has 1 aliphatic carbocycles. The third-order valence-corrected chi connectivity index (χ3v) is 2.96. The summed E-state index contributed by atoms with van der Waals surface area (Å²) in [7, 11) is 0. The Labute approximate surface area is 102 Å². The maximum absolute atomic E-state index is 11.8. The second-order valence-electron chi connectivity index (χ2n) is 4.54. The van der Waals surface area contributed by atoms with Crippen LogP contribution < -0.4 is 10.6 Å². The van der Waals surface area contributed by atoms with Crippen LogP contribution in [0.4, 0.5) is 0 Å². The molecule has 0 bridgehead atoms. The summed E-state index contributed by atoms with van der Waals surface area (Å²) in [5.41, 5.74) is 0. The summed E-state index contributed by atoms with van der Waals surface area (Å²) >= 11 is 0. The van der Waals surface area contributed by atoms with Gasteiger partial charge in [0.25, 0.3) is 0 Å². The van der Waals surface area contributed by atoms with E-state index in [1.54, 1.807) is 17.1 Å². The number of aromatic nitrogens is 2. The third kappa shape index (κ3) is 3.85. The van der Waals surface area contributed by atoms with E-state index < -0.39 is 0 Å². The Morgan fingerprint density at radius 3 is 3.00 bits per heavy atom. The molecule has 0 radical (unpaired) electrons. The molecule has 1 heterocycles. The van der Waals surface area contributed by atoms with Crippen molar-refractivity contribution in [2.45, 2.75) is 38.3 Å². The van der Waals surface area contributed by atoms with Crippen LogP contribution in [0.15, 0.2) is 18.5 Å². The van der Waals surface area contributed by atoms with Gasteiger partial charge in [-0.25, -0.2) is 0 Å². The Balaban J connectivity index is 1.59. The van der Waals surface area contributed by atoms with Crippen molar-refractivity contribution in [1.82, 2.24) is 20.4 Å². The zero-order valence-corrected chi connectivity index (χ0v) is 10.2. The molecule has 1 aromatic rings. The molecule has 0 aliphatic heterocycles. The molecule has 2 N–H and O–H groups in total. The lowest BCUT2D eigenvalue weighted by Crippen LogP contribution is -2.33. The summed E-state index contributed by atoms with van der Waals surface area (Å²) in [4.78, 5) is 11.8. The van der Waals surface area contributed by atoms with E-state index in [0.717, 1.165) is 25.6 Å². The zero-order valence-electron chi connectivity index (χ0n) is 10.2. The van der Waals surface area contributed by atoms with Crippen molar-refractivity contribution in [1.29, 1.82) is 0 Å². The molecule has 2 rings (SSSR count). The summed E-state index contributed by atoms with van der Waals surface area (Å²) in [5, 5.41) is 10.4. The summed E-state index contributed by atoms with van der Waals surface area (Å²) in [5.74, 6) is 0.0279. The fourth-order valence-corrected chi connectivity index (χ4v) is 1.67. The molecule has 0 spiro atoms. The lowest BCUT2D eigenvalue weighted by molar-refractivity contribution is -0.124. The Morgan fingerprint density at radius 2 is 2.35 bits per heavy atom. The number of nitrogens with one attached hydrogen (secondary N) is 2. The first-order chi connectivity index (χ1) is 8.27. The van der Waals surface area contributed by atoms with Crippen molar-refractivity contribution >= 4 is 5.91 Å². The van der Waals surface area contributed by atoms with Gasteiger partial charge in [-0.15, -0.1) is 0 Å². The summed E-state index contributed by atoms with van der Waals surface area (Å²) < 4.78 is 1.66. The minimum absolute atomic E-state index is 0.0279. The molecule has 0 saturated heterocycles. The fraction of sp³-hybridized carbons (Fsp3) is 0.667. The van der Waals surface area contributed by atoms with Crippen molar-refractivity contribution in [3.63, 3.8) is 0 Å². The number of hydrogen-bond acceptors (Lipinski definition) is 3. The number of hydrogen-bond donors (Lipinski definition) is 2. The van der Waals surface area contributed by atoms with Gasteiger partial charge in [0, 0.05) is 25.0 Å². The number of nitrogens with zero attached hydrogens (tertiary/aromatic N) is 2. The highest BCUT2D eigenvalue weighted by atomic mass is 16.2. The van der Waals surface area contributed by atoms with Gasteiger partial charge in [-0.05, 0) is 38.8 Å². The van der Waals surface area contributed by atoms with Crippen LogP contribution in [0.3, 0.4) is 0 Å². The number of amides is 1. The van der Waals surface area contributed by atoms with E-state index in [0.29, 0.717) is 0 Å². The lowest BCUT2D eigenvalue weighted by atomic mass is 10.3. The third-order valence-electron chi connectivity index (χ3n) is 2.96. The molecule has 1 aromatic heterocycles. The molecule has 1 atom stereocenters. The highest BCUT2D eigenvalue weighted by molar-refractivity contribution is 5.79. The monoisotopic (exact) mass is 236 g/mol. The van der Waals surface area contributed by atoms with Gasteiger partial charge in [0.15, 0.2) is 0 Å². The van der Waals surface area contributed by atoms with Crippen LogP contribution in [0.5, 0.6) is 0 Å². The molecule has 94 valence electrons. The summed E-state index contributed by atoms with van der Waals surface area (Å²) in [6.45, 7) is 3.57. The Kier molecular flexibility index (Phi) is 4.14. The molecule has 1 fully saturated rings. The van der Waals surface area contributed by atoms with Crippen molar-refractivity contribution in [2.24, 2.45) is 0 Å². The van der Waals surface area contributed by atoms with E-state index in [1.807, 2.05) is 13.0 Å². The molecule has 17 heavy (non-hydrogen) atoms. The largest absolute Gasteiger partial charge is 0.354 e. The van der Waals surface area contributed by atoms with Crippen LogP contribution in [-0.2, 0) is 4.79 Å². The fourth-order valence-electron chi connectivity index (χ4n) is 1.67. The highest BCUT2D eigenvalue weighted by Gasteiger charge is 2.19. The Morgan fingerprint density at radius 1 is 1.53 bits per heavy atom. The first kappa shape index (κ1) is 12.1. The molecular formula is C12H20N4O. The van der Waals surface area contributed by atoms with Crippen molar-refractivity contribution in [3.05, 3.63) is 18.5 Å². The maximum Gasteiger partial charge on any atom is 0.244 e. The molecule has 5 heteroatoms. The van der Waals surface area contributed by atoms with Crippen LogP contribution in [0, 0.1) is 0 Å². The molecular weight excluding hydrogens is 216 g/mol. The van der Waals surface area contributed by atoms with E-state index in [9.17, 15) is 4.79 Å². The quantitative estimate of drug-likeness (QED) is 0.685. The first-order valence-electron chi connectivity index (χ1n) is 6.27. The van der Waals surface area contributed by atoms with E-state index in [1.165, 1.54) is 12.8 Å². The molecule has 1 amide bonds. The van der Waals surface area contributed by atoms with Gasteiger partial charge in [-0.2, -0.15) is 5.10 Å². The van der Waals surface area contributed by atoms with Gasteiger partial charge in [-0.1, -0.05) is 0 Å². The minimum atomic E-state index is -0.235. The number of carbonyl (C=O) groups is 1. The van der Waals surface area contributed by atoms with E-state index in [4.69, 9.17) is 0 Å². The predicted molar refractivity (Wildman–Crippen MR) is 65.6 cm³/mol. The van der Waals surface area contributed by atoms with Crippen LogP contribution in [-0.4, -0.2) is 34.8 Å². The smallest absolute Gasteiger partial charge is 0.244 e. The maximum atomic E-state index is 11.8. The van der Waals surface area contributed by atoms with Gasteiger partial charge in [0.2, 0.25) is 5.91 Å². The number of carbonyl (C=O) groups excluding carboxylic acids is 1. The normalized spacial score (nSPS) is 16.8. The van der Waals surface area contributed by atoms with Crippen LogP contribution >= 0.6 is 0 Å². The average Bonchev–Trinajstić information content (AvgIpc) is 2.99. The minimum Gasteiger partial charge on any atom is -0.354 e. The van der Waals surface area contributed by atoms with Gasteiger partial charge in [-0.3, -0.25) is 9.48 Å². The van der Waals surface area contributed by atoms with Gasteiger partial charge < -0.3 is 10.6 Å². The lowest BCUT2D eigenvalue weighted by Gasteiger charge is -2.12. The molecule has 1 aliphatic rings. The highest BCUT2D eigenvalue weighted by Crippen LogP contribution is 2.18. The van der Waals surface area contributed by atoms with Crippen LogP contribution in [0.1, 0.15) is 32.2 Å². The van der Waals surface area contributed by atoms with E-state index >= 15 is 0 Å². The topological polar surface area (TPSA) is 59.0 Å².